The van der Waals surface area contributed by atoms with Gasteiger partial charge in [-0.3, -0.25) is 4.79 Å². The first-order chi connectivity index (χ1) is 11.5. The summed E-state index contributed by atoms with van der Waals surface area (Å²) < 4.78 is 7.73. The van der Waals surface area contributed by atoms with Gasteiger partial charge in [0.25, 0.3) is 5.56 Å². The molecule has 2 aromatic rings. The van der Waals surface area contributed by atoms with Crippen molar-refractivity contribution < 1.29 is 4.74 Å². The van der Waals surface area contributed by atoms with Gasteiger partial charge in [0.05, 0.1) is 16.5 Å². The highest BCUT2D eigenvalue weighted by atomic mass is 35.5. The number of fused-ring (bicyclic) bond motifs is 1. The zero-order valence-electron chi connectivity index (χ0n) is 13.8. The third kappa shape index (κ3) is 2.51. The van der Waals surface area contributed by atoms with E-state index in [-0.39, 0.29) is 11.7 Å². The molecule has 2 fully saturated rings. The first-order valence-electron chi connectivity index (χ1n) is 8.38. The van der Waals surface area contributed by atoms with Crippen LogP contribution in [0.3, 0.4) is 0 Å². The van der Waals surface area contributed by atoms with Crippen molar-refractivity contribution in [3.8, 4) is 5.75 Å². The van der Waals surface area contributed by atoms with E-state index in [2.05, 4.69) is 4.90 Å². The Labute approximate surface area is 145 Å². The van der Waals surface area contributed by atoms with E-state index in [0.29, 0.717) is 15.8 Å². The van der Waals surface area contributed by atoms with E-state index in [1.54, 1.807) is 19.3 Å². The molecule has 6 heteroatoms. The molecule has 24 heavy (non-hydrogen) atoms. The molecule has 5 nitrogen and oxygen atoms in total. The van der Waals surface area contributed by atoms with Gasteiger partial charge in [0.15, 0.2) is 0 Å². The van der Waals surface area contributed by atoms with Crippen molar-refractivity contribution in [1.82, 2.24) is 9.47 Å². The molecule has 0 atom stereocenters. The molecule has 0 amide bonds. The van der Waals surface area contributed by atoms with Crippen molar-refractivity contribution in [2.75, 3.05) is 26.2 Å². The largest absolute Gasteiger partial charge is 0.490 e. The molecule has 1 saturated heterocycles. The maximum atomic E-state index is 12.3. The molecule has 128 valence electrons. The van der Waals surface area contributed by atoms with Crippen LogP contribution in [0.25, 0.3) is 10.8 Å². The highest BCUT2D eigenvalue weighted by Crippen LogP contribution is 2.49. The smallest absolute Gasteiger partial charge is 0.259 e. The molecule has 0 unspecified atom stereocenters. The van der Waals surface area contributed by atoms with E-state index in [9.17, 15) is 4.79 Å². The summed E-state index contributed by atoms with van der Waals surface area (Å²) in [7, 11) is 1.73. The lowest BCUT2D eigenvalue weighted by Gasteiger charge is -2.58. The average Bonchev–Trinajstić information content (AvgIpc) is 2.48. The highest BCUT2D eigenvalue weighted by molar-refractivity contribution is 6.35. The Morgan fingerprint density at radius 1 is 1.33 bits per heavy atom. The first kappa shape index (κ1) is 15.9. The number of aromatic nitrogens is 1. The zero-order valence-corrected chi connectivity index (χ0v) is 14.6. The van der Waals surface area contributed by atoms with Crippen LogP contribution in [0.2, 0.25) is 5.02 Å². The van der Waals surface area contributed by atoms with Gasteiger partial charge in [0.2, 0.25) is 0 Å². The summed E-state index contributed by atoms with van der Waals surface area (Å²) >= 11 is 6.23. The molecular formula is C18H22ClN3O2. The third-order valence-corrected chi connectivity index (χ3v) is 5.65. The summed E-state index contributed by atoms with van der Waals surface area (Å²) in [5.41, 5.74) is 5.94. The quantitative estimate of drug-likeness (QED) is 0.919. The molecule has 4 rings (SSSR count). The number of likely N-dealkylation sites (tertiary alicyclic amines) is 1. The molecule has 1 aliphatic carbocycles. The van der Waals surface area contributed by atoms with Gasteiger partial charge in [0.1, 0.15) is 5.75 Å². The summed E-state index contributed by atoms with van der Waals surface area (Å²) in [5, 5.41) is 1.80. The van der Waals surface area contributed by atoms with Crippen molar-refractivity contribution >= 4 is 22.4 Å². The van der Waals surface area contributed by atoms with Gasteiger partial charge in [0, 0.05) is 50.2 Å². The van der Waals surface area contributed by atoms with Crippen LogP contribution in [0.1, 0.15) is 12.8 Å². The summed E-state index contributed by atoms with van der Waals surface area (Å²) in [6.07, 6.45) is 4.12. The molecule has 0 radical (unpaired) electrons. The predicted molar refractivity (Wildman–Crippen MR) is 95.8 cm³/mol. The second-order valence-corrected chi connectivity index (χ2v) is 7.62. The van der Waals surface area contributed by atoms with Gasteiger partial charge in [-0.15, -0.1) is 0 Å². The average molecular weight is 348 g/mol. The van der Waals surface area contributed by atoms with Crippen LogP contribution in [-0.2, 0) is 7.05 Å². The molecule has 1 aromatic carbocycles. The Hall–Kier alpha value is -1.56. The van der Waals surface area contributed by atoms with Crippen molar-refractivity contribution in [3.63, 3.8) is 0 Å². The zero-order chi connectivity index (χ0) is 16.9. The monoisotopic (exact) mass is 347 g/mol. The van der Waals surface area contributed by atoms with Gasteiger partial charge >= 0.3 is 0 Å². The molecule has 1 aliphatic heterocycles. The van der Waals surface area contributed by atoms with Gasteiger partial charge < -0.3 is 19.9 Å². The number of halogens is 1. The molecule has 2 heterocycles. The van der Waals surface area contributed by atoms with Crippen molar-refractivity contribution in [2.45, 2.75) is 18.9 Å². The Balaban J connectivity index is 1.50. The lowest BCUT2D eigenvalue weighted by molar-refractivity contribution is -0.117. The van der Waals surface area contributed by atoms with E-state index < -0.39 is 0 Å². The topological polar surface area (TPSA) is 60.5 Å². The van der Waals surface area contributed by atoms with Gasteiger partial charge in [-0.2, -0.15) is 0 Å². The molecule has 1 spiro atoms. The van der Waals surface area contributed by atoms with Crippen molar-refractivity contribution in [2.24, 2.45) is 18.2 Å². The minimum absolute atomic E-state index is 0.0931. The maximum Gasteiger partial charge on any atom is 0.259 e. The van der Waals surface area contributed by atoms with Crippen LogP contribution in [0.5, 0.6) is 5.75 Å². The minimum Gasteiger partial charge on any atom is -0.490 e. The van der Waals surface area contributed by atoms with Gasteiger partial charge in [-0.1, -0.05) is 11.6 Å². The third-order valence-electron chi connectivity index (χ3n) is 5.33. The van der Waals surface area contributed by atoms with E-state index in [0.717, 1.165) is 50.2 Å². The summed E-state index contributed by atoms with van der Waals surface area (Å²) in [4.78, 5) is 14.7. The fourth-order valence-electron chi connectivity index (χ4n) is 4.16. The number of hydrogen-bond acceptors (Lipinski definition) is 4. The lowest BCUT2D eigenvalue weighted by Crippen LogP contribution is -2.65. The van der Waals surface area contributed by atoms with Crippen LogP contribution < -0.4 is 16.0 Å². The number of nitrogens with two attached hydrogens (primary N) is 1. The Morgan fingerprint density at radius 2 is 2.08 bits per heavy atom. The summed E-state index contributed by atoms with van der Waals surface area (Å²) in [6.45, 7) is 3.97. The minimum atomic E-state index is -0.0931. The molecular weight excluding hydrogens is 326 g/mol. The van der Waals surface area contributed by atoms with Crippen LogP contribution in [0, 0.1) is 5.41 Å². The SMILES string of the molecule is Cn1ccc2c(OC3CC4(C3)CN(CCN)C4)ccc(Cl)c2c1=O. The summed E-state index contributed by atoms with van der Waals surface area (Å²) in [6, 6.07) is 5.52. The van der Waals surface area contributed by atoms with E-state index >= 15 is 0 Å². The molecule has 1 saturated carbocycles. The highest BCUT2D eigenvalue weighted by Gasteiger charge is 2.53. The number of benzene rings is 1. The molecule has 0 bridgehead atoms. The summed E-state index contributed by atoms with van der Waals surface area (Å²) in [5.74, 6) is 0.755. The number of ether oxygens (including phenoxy) is 1. The van der Waals surface area contributed by atoms with E-state index in [4.69, 9.17) is 22.1 Å². The van der Waals surface area contributed by atoms with Crippen molar-refractivity contribution in [1.29, 1.82) is 0 Å². The van der Waals surface area contributed by atoms with Crippen LogP contribution in [0.15, 0.2) is 29.2 Å². The van der Waals surface area contributed by atoms with Crippen LogP contribution in [0.4, 0.5) is 0 Å². The van der Waals surface area contributed by atoms with Crippen molar-refractivity contribution in [3.05, 3.63) is 39.8 Å². The number of rotatable bonds is 4. The second kappa shape index (κ2) is 5.76. The van der Waals surface area contributed by atoms with Gasteiger partial charge in [-0.05, 0) is 31.0 Å². The van der Waals surface area contributed by atoms with Crippen LogP contribution in [-0.4, -0.2) is 41.8 Å². The Morgan fingerprint density at radius 3 is 2.79 bits per heavy atom. The molecule has 2 aliphatic rings. The second-order valence-electron chi connectivity index (χ2n) is 7.21. The fourth-order valence-corrected chi connectivity index (χ4v) is 4.41. The molecule has 2 N–H and O–H groups in total. The number of aryl methyl sites for hydroxylation is 1. The standard InChI is InChI=1S/C18H22ClN3O2/c1-21-6-4-13-15(3-2-14(19)16(13)17(21)23)24-12-8-18(9-12)10-22(11-18)7-5-20/h2-4,6,12H,5,7-11,20H2,1H3. The number of nitrogens with zero attached hydrogens (tertiary/aromatic N) is 2. The first-order valence-corrected chi connectivity index (χ1v) is 8.76. The Bertz CT molecular complexity index is 834. The maximum absolute atomic E-state index is 12.3. The normalized spacial score (nSPS) is 20.1. The number of pyridine rings is 1. The van der Waals surface area contributed by atoms with Crippen LogP contribution >= 0.6 is 11.6 Å². The lowest BCUT2D eigenvalue weighted by atomic mass is 9.62. The predicted octanol–water partition coefficient (Wildman–Crippen LogP) is 1.99. The number of hydrogen-bond donors (Lipinski definition) is 1. The van der Waals surface area contributed by atoms with E-state index in [1.165, 1.54) is 4.57 Å². The molecule has 1 aromatic heterocycles. The fraction of sp³-hybridized carbons (Fsp3) is 0.500. The van der Waals surface area contributed by atoms with E-state index in [1.807, 2.05) is 12.1 Å². The Kier molecular flexibility index (Phi) is 3.82. The van der Waals surface area contributed by atoms with Gasteiger partial charge in [-0.25, -0.2) is 0 Å².